The highest BCUT2D eigenvalue weighted by atomic mass is 32.2. The van der Waals surface area contributed by atoms with Crippen LogP contribution < -0.4 is 5.56 Å². The summed E-state index contributed by atoms with van der Waals surface area (Å²) in [5.41, 5.74) is -0.168. The lowest BCUT2D eigenvalue weighted by Crippen LogP contribution is -2.23. The number of sulfone groups is 1. The average Bonchev–Trinajstić information content (AvgIpc) is 2.17. The van der Waals surface area contributed by atoms with Crippen LogP contribution in [0.1, 0.15) is 6.92 Å². The predicted molar refractivity (Wildman–Crippen MR) is 55.0 cm³/mol. The van der Waals surface area contributed by atoms with Gasteiger partial charge in [0.15, 0.2) is 9.84 Å². The second-order valence-electron chi connectivity index (χ2n) is 2.97. The quantitative estimate of drug-likeness (QED) is 0.725. The van der Waals surface area contributed by atoms with E-state index in [0.717, 1.165) is 0 Å². The van der Waals surface area contributed by atoms with Crippen LogP contribution in [0, 0.1) is 0 Å². The fourth-order valence-electron chi connectivity index (χ4n) is 1.03. The lowest BCUT2D eigenvalue weighted by Gasteiger charge is -2.04. The van der Waals surface area contributed by atoms with Crippen LogP contribution in [-0.4, -0.2) is 24.5 Å². The van der Waals surface area contributed by atoms with Crippen LogP contribution in [-0.2, 0) is 16.4 Å². The molecule has 1 rings (SSSR count). The van der Waals surface area contributed by atoms with Crippen molar-refractivity contribution in [2.45, 2.75) is 13.5 Å². The molecule has 1 aromatic rings. The molecule has 0 unspecified atom stereocenters. The van der Waals surface area contributed by atoms with E-state index in [-0.39, 0.29) is 23.6 Å². The highest BCUT2D eigenvalue weighted by Crippen LogP contribution is 1.91. The first-order valence-electron chi connectivity index (χ1n) is 4.41. The Kier molecular flexibility index (Phi) is 3.46. The maximum atomic E-state index is 11.2. The lowest BCUT2D eigenvalue weighted by molar-refractivity contribution is 0.588. The third-order valence-electron chi connectivity index (χ3n) is 1.98. The SMILES string of the molecule is CCS(=O)(=O)CCn1ccccc1=O. The van der Waals surface area contributed by atoms with Crippen molar-refractivity contribution >= 4 is 9.84 Å². The van der Waals surface area contributed by atoms with Crippen molar-refractivity contribution in [1.82, 2.24) is 4.57 Å². The number of aromatic nitrogens is 1. The van der Waals surface area contributed by atoms with Gasteiger partial charge in [-0.3, -0.25) is 4.79 Å². The van der Waals surface area contributed by atoms with Gasteiger partial charge in [0, 0.05) is 24.6 Å². The van der Waals surface area contributed by atoms with Crippen molar-refractivity contribution in [1.29, 1.82) is 0 Å². The summed E-state index contributed by atoms with van der Waals surface area (Å²) in [5, 5.41) is 0. The normalized spacial score (nSPS) is 11.5. The fraction of sp³-hybridized carbons (Fsp3) is 0.444. The molecule has 0 atom stereocenters. The molecule has 0 saturated heterocycles. The van der Waals surface area contributed by atoms with Crippen LogP contribution >= 0.6 is 0 Å². The van der Waals surface area contributed by atoms with Gasteiger partial charge in [-0.2, -0.15) is 0 Å². The maximum absolute atomic E-state index is 11.2. The van der Waals surface area contributed by atoms with Crippen LogP contribution in [0.3, 0.4) is 0 Å². The maximum Gasteiger partial charge on any atom is 0.250 e. The smallest absolute Gasteiger partial charge is 0.250 e. The summed E-state index contributed by atoms with van der Waals surface area (Å²) in [4.78, 5) is 11.2. The highest BCUT2D eigenvalue weighted by Gasteiger charge is 2.07. The van der Waals surface area contributed by atoms with E-state index in [0.29, 0.717) is 0 Å². The zero-order valence-corrected chi connectivity index (χ0v) is 8.83. The van der Waals surface area contributed by atoms with Gasteiger partial charge in [-0.1, -0.05) is 13.0 Å². The summed E-state index contributed by atoms with van der Waals surface area (Å²) >= 11 is 0. The Morgan fingerprint density at radius 3 is 2.64 bits per heavy atom. The van der Waals surface area contributed by atoms with Crippen molar-refractivity contribution in [2.75, 3.05) is 11.5 Å². The molecular formula is C9H13NO3S. The molecule has 0 aromatic carbocycles. The number of hydrogen-bond donors (Lipinski definition) is 0. The summed E-state index contributed by atoms with van der Waals surface area (Å²) in [6.07, 6.45) is 1.59. The van der Waals surface area contributed by atoms with Gasteiger partial charge in [0.2, 0.25) is 0 Å². The van der Waals surface area contributed by atoms with Crippen molar-refractivity contribution in [3.8, 4) is 0 Å². The van der Waals surface area contributed by atoms with Gasteiger partial charge in [-0.15, -0.1) is 0 Å². The number of pyridine rings is 1. The molecule has 4 nitrogen and oxygen atoms in total. The molecule has 0 amide bonds. The number of rotatable bonds is 4. The van der Waals surface area contributed by atoms with E-state index in [1.54, 1.807) is 25.3 Å². The van der Waals surface area contributed by atoms with Crippen LogP contribution in [0.15, 0.2) is 29.2 Å². The first-order chi connectivity index (χ1) is 6.55. The first kappa shape index (κ1) is 11.0. The number of aryl methyl sites for hydroxylation is 1. The Morgan fingerprint density at radius 1 is 1.36 bits per heavy atom. The van der Waals surface area contributed by atoms with Crippen molar-refractivity contribution < 1.29 is 8.42 Å². The highest BCUT2D eigenvalue weighted by molar-refractivity contribution is 7.91. The summed E-state index contributed by atoms with van der Waals surface area (Å²) in [6.45, 7) is 1.83. The molecule has 0 saturated carbocycles. The Balaban J connectivity index is 2.73. The van der Waals surface area contributed by atoms with Gasteiger partial charge < -0.3 is 4.57 Å². The molecule has 0 aliphatic rings. The lowest BCUT2D eigenvalue weighted by atomic mass is 10.5. The Morgan fingerprint density at radius 2 is 2.07 bits per heavy atom. The second-order valence-corrected chi connectivity index (χ2v) is 5.44. The van der Waals surface area contributed by atoms with E-state index in [1.165, 1.54) is 10.6 Å². The van der Waals surface area contributed by atoms with Gasteiger partial charge in [0.05, 0.1) is 5.75 Å². The summed E-state index contributed by atoms with van der Waals surface area (Å²) < 4.78 is 23.7. The third-order valence-corrected chi connectivity index (χ3v) is 3.67. The minimum Gasteiger partial charge on any atom is -0.315 e. The summed E-state index contributed by atoms with van der Waals surface area (Å²) in [6, 6.07) is 4.76. The molecule has 5 heteroatoms. The summed E-state index contributed by atoms with van der Waals surface area (Å²) in [7, 11) is -2.99. The van der Waals surface area contributed by atoms with E-state index in [4.69, 9.17) is 0 Å². The van der Waals surface area contributed by atoms with Gasteiger partial charge in [-0.05, 0) is 6.07 Å². The molecule has 78 valence electrons. The molecule has 0 fully saturated rings. The Labute approximate surface area is 83.1 Å². The number of nitrogens with zero attached hydrogens (tertiary/aromatic N) is 1. The van der Waals surface area contributed by atoms with Crippen LogP contribution in [0.2, 0.25) is 0 Å². The molecule has 1 aromatic heterocycles. The van der Waals surface area contributed by atoms with E-state index in [2.05, 4.69) is 0 Å². The monoisotopic (exact) mass is 215 g/mol. The first-order valence-corrected chi connectivity index (χ1v) is 6.23. The Bertz CT molecular complexity index is 447. The van der Waals surface area contributed by atoms with Crippen molar-refractivity contribution in [3.63, 3.8) is 0 Å². The second kappa shape index (κ2) is 4.41. The molecule has 1 heterocycles. The summed E-state index contributed by atoms with van der Waals surface area (Å²) in [5.74, 6) is 0.141. The molecule has 0 aliphatic carbocycles. The minimum absolute atomic E-state index is 0.0212. The number of hydrogen-bond acceptors (Lipinski definition) is 3. The van der Waals surface area contributed by atoms with E-state index in [9.17, 15) is 13.2 Å². The largest absolute Gasteiger partial charge is 0.315 e. The van der Waals surface area contributed by atoms with E-state index in [1.807, 2.05) is 0 Å². The van der Waals surface area contributed by atoms with Crippen LogP contribution in [0.4, 0.5) is 0 Å². The topological polar surface area (TPSA) is 56.1 Å². The fourth-order valence-corrected chi connectivity index (χ4v) is 1.79. The molecule has 0 radical (unpaired) electrons. The molecule has 0 aliphatic heterocycles. The van der Waals surface area contributed by atoms with Crippen LogP contribution in [0.5, 0.6) is 0 Å². The molecule has 0 N–H and O–H groups in total. The van der Waals surface area contributed by atoms with Gasteiger partial charge >= 0.3 is 0 Å². The molecule has 0 spiro atoms. The van der Waals surface area contributed by atoms with Gasteiger partial charge in [-0.25, -0.2) is 8.42 Å². The predicted octanol–water partition coefficient (Wildman–Crippen LogP) is 0.283. The zero-order chi connectivity index (χ0) is 10.6. The zero-order valence-electron chi connectivity index (χ0n) is 8.01. The third kappa shape index (κ3) is 2.99. The standard InChI is InChI=1S/C9H13NO3S/c1-2-14(12,13)8-7-10-6-4-3-5-9(10)11/h3-6H,2,7-8H2,1H3. The van der Waals surface area contributed by atoms with Gasteiger partial charge in [0.1, 0.15) is 0 Å². The van der Waals surface area contributed by atoms with E-state index < -0.39 is 9.84 Å². The van der Waals surface area contributed by atoms with Crippen LogP contribution in [0.25, 0.3) is 0 Å². The van der Waals surface area contributed by atoms with Crippen molar-refractivity contribution in [2.24, 2.45) is 0 Å². The van der Waals surface area contributed by atoms with E-state index >= 15 is 0 Å². The Hall–Kier alpha value is -1.10. The van der Waals surface area contributed by atoms with Crippen molar-refractivity contribution in [3.05, 3.63) is 34.7 Å². The molecule has 0 bridgehead atoms. The molecular weight excluding hydrogens is 202 g/mol. The molecule has 14 heavy (non-hydrogen) atoms. The minimum atomic E-state index is -2.99. The van der Waals surface area contributed by atoms with Gasteiger partial charge in [0.25, 0.3) is 5.56 Å². The average molecular weight is 215 g/mol.